The van der Waals surface area contributed by atoms with E-state index in [2.05, 4.69) is 4.40 Å². The van der Waals surface area contributed by atoms with E-state index >= 15 is 0 Å². The summed E-state index contributed by atoms with van der Waals surface area (Å²) >= 11 is 0. The van der Waals surface area contributed by atoms with Gasteiger partial charge < -0.3 is 5.11 Å². The van der Waals surface area contributed by atoms with Crippen LogP contribution in [0.4, 0.5) is 0 Å². The molecule has 5 heteroatoms. The Bertz CT molecular complexity index is 402. The topological polar surface area (TPSA) is 66.7 Å². The second kappa shape index (κ2) is 3.96. The predicted molar refractivity (Wildman–Crippen MR) is 56.0 cm³/mol. The molecular formula is C9H13NO3S. The van der Waals surface area contributed by atoms with Gasteiger partial charge in [-0.3, -0.25) is 0 Å². The molecular weight excluding hydrogens is 202 g/mol. The summed E-state index contributed by atoms with van der Waals surface area (Å²) in [7, 11) is -3.39. The fraction of sp³-hybridized carbons (Fsp3) is 0.444. The number of hydrogen-bond donors (Lipinski definition) is 1. The van der Waals surface area contributed by atoms with E-state index in [9.17, 15) is 8.42 Å². The van der Waals surface area contributed by atoms with Crippen molar-refractivity contribution in [3.63, 3.8) is 0 Å². The summed E-state index contributed by atoms with van der Waals surface area (Å²) in [6.45, 7) is 3.17. The van der Waals surface area contributed by atoms with Crippen molar-refractivity contribution in [2.75, 3.05) is 0 Å². The van der Waals surface area contributed by atoms with Crippen molar-refractivity contribution >= 4 is 15.7 Å². The van der Waals surface area contributed by atoms with Gasteiger partial charge in [0.25, 0.3) is 10.0 Å². The van der Waals surface area contributed by atoms with Crippen LogP contribution in [-0.2, 0) is 10.0 Å². The summed E-state index contributed by atoms with van der Waals surface area (Å²) in [5.74, 6) is 0.144. The van der Waals surface area contributed by atoms with Crippen LogP contribution in [0.5, 0.6) is 0 Å². The van der Waals surface area contributed by atoms with Crippen LogP contribution in [0.3, 0.4) is 0 Å². The van der Waals surface area contributed by atoms with E-state index in [1.54, 1.807) is 13.8 Å². The van der Waals surface area contributed by atoms with Crippen molar-refractivity contribution in [2.24, 2.45) is 4.40 Å². The molecule has 0 radical (unpaired) electrons. The number of hydrogen-bond acceptors (Lipinski definition) is 3. The lowest BCUT2D eigenvalue weighted by Crippen LogP contribution is -2.13. The first-order chi connectivity index (χ1) is 6.42. The van der Waals surface area contributed by atoms with Crippen LogP contribution in [-0.4, -0.2) is 24.5 Å². The maximum absolute atomic E-state index is 11.4. The van der Waals surface area contributed by atoms with E-state index < -0.39 is 15.3 Å². The first kappa shape index (κ1) is 11.0. The molecule has 0 aromatic heterocycles. The second-order valence-electron chi connectivity index (χ2n) is 3.31. The van der Waals surface area contributed by atoms with Crippen LogP contribution in [0.15, 0.2) is 28.4 Å². The summed E-state index contributed by atoms with van der Waals surface area (Å²) < 4.78 is 26.4. The molecule has 0 atom stereocenters. The van der Waals surface area contributed by atoms with Gasteiger partial charge in [0.05, 0.1) is 11.0 Å². The molecule has 0 saturated heterocycles. The molecule has 0 aromatic rings. The molecule has 4 nitrogen and oxygen atoms in total. The fourth-order valence-electron chi connectivity index (χ4n) is 0.863. The average Bonchev–Trinajstić information content (AvgIpc) is 2.08. The van der Waals surface area contributed by atoms with Gasteiger partial charge in [0.15, 0.2) is 0 Å². The van der Waals surface area contributed by atoms with Gasteiger partial charge in [0.2, 0.25) is 0 Å². The zero-order chi connectivity index (χ0) is 10.8. The lowest BCUT2D eigenvalue weighted by atomic mass is 10.1. The molecule has 0 bridgehead atoms. The van der Waals surface area contributed by atoms with Gasteiger partial charge in [-0.15, -0.1) is 0 Å². The lowest BCUT2D eigenvalue weighted by Gasteiger charge is -2.06. The Labute approximate surface area is 83.7 Å². The normalized spacial score (nSPS) is 20.2. The minimum absolute atomic E-state index is 0.144. The Hall–Kier alpha value is -1.10. The van der Waals surface area contributed by atoms with Crippen molar-refractivity contribution in [1.29, 1.82) is 0 Å². The molecule has 1 aliphatic carbocycles. The Morgan fingerprint density at radius 3 is 2.50 bits per heavy atom. The monoisotopic (exact) mass is 215 g/mol. The molecule has 0 aromatic carbocycles. The first-order valence-corrected chi connectivity index (χ1v) is 5.82. The van der Waals surface area contributed by atoms with Crippen LogP contribution < -0.4 is 0 Å². The third kappa shape index (κ3) is 2.70. The summed E-state index contributed by atoms with van der Waals surface area (Å²) in [6, 6.07) is 0. The molecule has 1 N–H and O–H groups in total. The molecule has 0 amide bonds. The third-order valence-electron chi connectivity index (χ3n) is 1.81. The van der Waals surface area contributed by atoms with Crippen LogP contribution in [0.25, 0.3) is 0 Å². The number of rotatable bonds is 2. The zero-order valence-electron chi connectivity index (χ0n) is 8.14. The van der Waals surface area contributed by atoms with Crippen LogP contribution in [0.2, 0.25) is 0 Å². The highest BCUT2D eigenvalue weighted by atomic mass is 32.2. The standard InChI is InChI=1S/C9H13NO3S/c1-7(2)14(12,13)10-8-3-5-9(11)6-4-8/h3,5-7,11H,4H2,1-2H3. The fourth-order valence-corrected chi connectivity index (χ4v) is 1.54. The SMILES string of the molecule is CC(C)S(=O)(=O)N=C1C=CC(O)=CC1. The number of sulfonamides is 1. The van der Waals surface area contributed by atoms with Crippen LogP contribution >= 0.6 is 0 Å². The van der Waals surface area contributed by atoms with E-state index in [4.69, 9.17) is 5.11 Å². The van der Waals surface area contributed by atoms with Gasteiger partial charge in [-0.1, -0.05) is 0 Å². The molecule has 1 aliphatic rings. The van der Waals surface area contributed by atoms with Gasteiger partial charge in [0.1, 0.15) is 5.76 Å². The Kier molecular flexibility index (Phi) is 3.10. The molecule has 14 heavy (non-hydrogen) atoms. The number of allylic oxidation sites excluding steroid dienone is 3. The molecule has 0 spiro atoms. The smallest absolute Gasteiger partial charge is 0.255 e. The van der Waals surface area contributed by atoms with E-state index in [0.717, 1.165) is 0 Å². The zero-order valence-corrected chi connectivity index (χ0v) is 8.95. The summed E-state index contributed by atoms with van der Waals surface area (Å²) in [6.07, 6.45) is 4.82. The highest BCUT2D eigenvalue weighted by Crippen LogP contribution is 2.09. The molecule has 1 rings (SSSR count). The largest absolute Gasteiger partial charge is 0.508 e. The Morgan fingerprint density at radius 1 is 1.43 bits per heavy atom. The van der Waals surface area contributed by atoms with Gasteiger partial charge in [-0.05, 0) is 32.1 Å². The highest BCUT2D eigenvalue weighted by molar-refractivity contribution is 7.90. The molecule has 0 fully saturated rings. The van der Waals surface area contributed by atoms with E-state index in [1.807, 2.05) is 0 Å². The van der Waals surface area contributed by atoms with Crippen molar-refractivity contribution < 1.29 is 13.5 Å². The Morgan fingerprint density at radius 2 is 2.07 bits per heavy atom. The molecule has 0 unspecified atom stereocenters. The summed E-state index contributed by atoms with van der Waals surface area (Å²) in [4.78, 5) is 0. The lowest BCUT2D eigenvalue weighted by molar-refractivity contribution is 0.430. The van der Waals surface area contributed by atoms with Crippen LogP contribution in [0.1, 0.15) is 20.3 Å². The molecule has 0 aliphatic heterocycles. The quantitative estimate of drug-likeness (QED) is 0.760. The average molecular weight is 215 g/mol. The molecule has 78 valence electrons. The summed E-state index contributed by atoms with van der Waals surface area (Å²) in [5.41, 5.74) is 0.455. The minimum atomic E-state index is -3.39. The maximum Gasteiger partial charge on any atom is 0.255 e. The van der Waals surface area contributed by atoms with Crippen molar-refractivity contribution in [3.8, 4) is 0 Å². The van der Waals surface area contributed by atoms with Gasteiger partial charge in [0, 0.05) is 6.42 Å². The number of aliphatic hydroxyl groups excluding tert-OH is 1. The van der Waals surface area contributed by atoms with Crippen molar-refractivity contribution in [2.45, 2.75) is 25.5 Å². The maximum atomic E-state index is 11.4. The Balaban J connectivity index is 2.88. The van der Waals surface area contributed by atoms with Gasteiger partial charge >= 0.3 is 0 Å². The highest BCUT2D eigenvalue weighted by Gasteiger charge is 2.15. The van der Waals surface area contributed by atoms with Crippen molar-refractivity contribution in [1.82, 2.24) is 0 Å². The number of nitrogens with zero attached hydrogens (tertiary/aromatic N) is 1. The van der Waals surface area contributed by atoms with E-state index in [0.29, 0.717) is 12.1 Å². The second-order valence-corrected chi connectivity index (χ2v) is 5.47. The molecule has 0 heterocycles. The van der Waals surface area contributed by atoms with E-state index in [-0.39, 0.29) is 5.76 Å². The number of aliphatic hydroxyl groups is 1. The molecule has 0 saturated carbocycles. The van der Waals surface area contributed by atoms with E-state index in [1.165, 1.54) is 18.2 Å². The minimum Gasteiger partial charge on any atom is -0.508 e. The first-order valence-electron chi connectivity index (χ1n) is 4.31. The predicted octanol–water partition coefficient (Wildman–Crippen LogP) is 1.57. The van der Waals surface area contributed by atoms with Gasteiger partial charge in [-0.2, -0.15) is 4.40 Å². The third-order valence-corrected chi connectivity index (χ3v) is 3.49. The summed E-state index contributed by atoms with van der Waals surface area (Å²) in [5, 5.41) is 8.49. The van der Waals surface area contributed by atoms with Crippen molar-refractivity contribution in [3.05, 3.63) is 24.0 Å². The van der Waals surface area contributed by atoms with Crippen LogP contribution in [0, 0.1) is 0 Å². The van der Waals surface area contributed by atoms with Gasteiger partial charge in [-0.25, -0.2) is 8.42 Å².